The molecule has 4 nitrogen and oxygen atoms in total. The highest BCUT2D eigenvalue weighted by atomic mass is 32.2. The summed E-state index contributed by atoms with van der Waals surface area (Å²) in [6.45, 7) is 11.1. The lowest BCUT2D eigenvalue weighted by Gasteiger charge is -2.37. The lowest BCUT2D eigenvalue weighted by molar-refractivity contribution is -0.954. The van der Waals surface area contributed by atoms with Crippen LogP contribution in [0.2, 0.25) is 0 Å². The van der Waals surface area contributed by atoms with Crippen molar-refractivity contribution in [3.05, 3.63) is 0 Å². The van der Waals surface area contributed by atoms with Crippen LogP contribution in [-0.2, 0) is 14.4 Å². The Balaban J connectivity index is 0.000000423. The standard InChI is InChI=1S/C10H22NO.CBF6O2S/c1-4-12-9-11(10(2)3)7-5-6-8-11;3-1(4,5)11(9,10)2(6,7)8/h10H,4-9H2,1-3H3;/q+1;-1. The van der Waals surface area contributed by atoms with E-state index in [0.717, 1.165) is 19.4 Å². The average molecular weight is 373 g/mol. The van der Waals surface area contributed by atoms with E-state index >= 15 is 0 Å². The SMILES string of the molecule is CCOC[N+]1(C(C)C)CCCC1.O=S(=O)([B-](F)(F)F)C(F)(F)F. The van der Waals surface area contributed by atoms with Crippen molar-refractivity contribution in [2.24, 2.45) is 0 Å². The van der Waals surface area contributed by atoms with Gasteiger partial charge >= 0.3 is 11.8 Å². The van der Waals surface area contributed by atoms with Crippen molar-refractivity contribution in [3.63, 3.8) is 0 Å². The molecule has 1 heterocycles. The largest absolute Gasteiger partial charge is 0.616 e. The minimum atomic E-state index is -6.95. The van der Waals surface area contributed by atoms with Crippen LogP contribution in [0.5, 0.6) is 0 Å². The molecular formula is C11H22BF6NO3S. The van der Waals surface area contributed by atoms with E-state index in [0.29, 0.717) is 0 Å². The van der Waals surface area contributed by atoms with E-state index < -0.39 is 21.5 Å². The average Bonchev–Trinajstić information content (AvgIpc) is 2.84. The van der Waals surface area contributed by atoms with Gasteiger partial charge in [-0.05, 0) is 20.8 Å². The van der Waals surface area contributed by atoms with E-state index in [1.165, 1.54) is 30.4 Å². The fourth-order valence-corrected chi connectivity index (χ4v) is 2.49. The quantitative estimate of drug-likeness (QED) is 0.422. The minimum absolute atomic E-state index is 0.721. The first kappa shape index (κ1) is 22.5. The van der Waals surface area contributed by atoms with Gasteiger partial charge in [0.1, 0.15) is 0 Å². The second kappa shape index (κ2) is 8.06. The van der Waals surface area contributed by atoms with Crippen LogP contribution in [0.15, 0.2) is 0 Å². The molecule has 1 aliphatic rings. The molecule has 1 rings (SSSR count). The van der Waals surface area contributed by atoms with Crippen LogP contribution in [0.3, 0.4) is 0 Å². The molecule has 1 fully saturated rings. The first-order chi connectivity index (χ1) is 10.2. The second-order valence-corrected chi connectivity index (χ2v) is 7.68. The molecule has 0 N–H and O–H groups in total. The molecule has 0 aliphatic carbocycles. The van der Waals surface area contributed by atoms with Gasteiger partial charge in [0.2, 0.25) is 9.69 Å². The van der Waals surface area contributed by atoms with Gasteiger partial charge in [-0.2, -0.15) is 13.2 Å². The second-order valence-electron chi connectivity index (χ2n) is 5.59. The number of hydrogen-bond acceptors (Lipinski definition) is 3. The first-order valence-corrected chi connectivity index (χ1v) is 8.69. The molecule has 23 heavy (non-hydrogen) atoms. The van der Waals surface area contributed by atoms with Crippen LogP contribution < -0.4 is 0 Å². The Hall–Kier alpha value is -0.485. The fraction of sp³-hybridized carbons (Fsp3) is 1.00. The lowest BCUT2D eigenvalue weighted by atomic mass is 10.3. The number of likely N-dealkylation sites (tertiary alicyclic amines) is 1. The molecule has 0 bridgehead atoms. The number of rotatable bonds is 5. The number of hydrogen-bond donors (Lipinski definition) is 0. The zero-order chi connectivity index (χ0) is 18.5. The molecule has 0 aromatic carbocycles. The molecule has 0 aromatic heterocycles. The third-order valence-electron chi connectivity index (χ3n) is 3.78. The first-order valence-electron chi connectivity index (χ1n) is 7.14. The highest BCUT2D eigenvalue weighted by molar-refractivity contribution is 8.20. The normalized spacial score (nSPS) is 18.7. The van der Waals surface area contributed by atoms with Gasteiger partial charge in [0, 0.05) is 19.4 Å². The van der Waals surface area contributed by atoms with Crippen LogP contribution in [-0.4, -0.2) is 57.1 Å². The van der Waals surface area contributed by atoms with Crippen molar-refractivity contribution in [2.75, 3.05) is 26.4 Å². The maximum atomic E-state index is 11.1. The Morgan fingerprint density at radius 3 is 1.78 bits per heavy atom. The molecule has 0 unspecified atom stereocenters. The van der Waals surface area contributed by atoms with Crippen molar-refractivity contribution in [2.45, 2.75) is 45.2 Å². The Bertz CT molecular complexity index is 437. The van der Waals surface area contributed by atoms with Crippen molar-refractivity contribution in [1.29, 1.82) is 0 Å². The number of alkyl halides is 3. The van der Waals surface area contributed by atoms with Gasteiger partial charge in [0.15, 0.2) is 6.73 Å². The van der Waals surface area contributed by atoms with Gasteiger partial charge in [0.25, 0.3) is 0 Å². The van der Waals surface area contributed by atoms with Crippen LogP contribution in [0, 0.1) is 0 Å². The Labute approximate surface area is 132 Å². The van der Waals surface area contributed by atoms with Crippen molar-refractivity contribution in [1.82, 2.24) is 0 Å². The highest BCUT2D eigenvalue weighted by Gasteiger charge is 2.58. The minimum Gasteiger partial charge on any atom is -0.436 e. The highest BCUT2D eigenvalue weighted by Crippen LogP contribution is 2.33. The molecule has 1 aliphatic heterocycles. The van der Waals surface area contributed by atoms with E-state index in [1.54, 1.807) is 0 Å². The van der Waals surface area contributed by atoms with Crippen LogP contribution in [0.4, 0.5) is 26.1 Å². The Kier molecular flexibility index (Phi) is 7.89. The van der Waals surface area contributed by atoms with E-state index in [1.807, 2.05) is 0 Å². The van der Waals surface area contributed by atoms with Gasteiger partial charge in [-0.25, -0.2) is 0 Å². The van der Waals surface area contributed by atoms with E-state index in [9.17, 15) is 34.5 Å². The molecule has 0 aromatic rings. The number of halogens is 6. The monoisotopic (exact) mass is 373 g/mol. The third kappa shape index (κ3) is 5.82. The summed E-state index contributed by atoms with van der Waals surface area (Å²) in [5, 5.41) is 0. The molecule has 0 saturated carbocycles. The van der Waals surface area contributed by atoms with Crippen LogP contribution >= 0.6 is 0 Å². The van der Waals surface area contributed by atoms with Crippen molar-refractivity contribution < 1.29 is 43.8 Å². The van der Waals surface area contributed by atoms with Gasteiger partial charge in [-0.1, -0.05) is 0 Å². The zero-order valence-corrected chi connectivity index (χ0v) is 14.1. The van der Waals surface area contributed by atoms with Gasteiger partial charge in [0.05, 0.1) is 19.1 Å². The van der Waals surface area contributed by atoms with E-state index in [-0.39, 0.29) is 0 Å². The topological polar surface area (TPSA) is 43.4 Å². The summed E-state index contributed by atoms with van der Waals surface area (Å²) in [5.41, 5.74) is -6.24. The number of quaternary nitrogens is 1. The lowest BCUT2D eigenvalue weighted by Crippen LogP contribution is -2.52. The Morgan fingerprint density at radius 1 is 1.13 bits per heavy atom. The smallest absolute Gasteiger partial charge is 0.436 e. The molecule has 140 valence electrons. The van der Waals surface area contributed by atoms with E-state index in [4.69, 9.17) is 4.74 Å². The van der Waals surface area contributed by atoms with Crippen LogP contribution in [0.25, 0.3) is 0 Å². The summed E-state index contributed by atoms with van der Waals surface area (Å²) in [5.74, 6) is 0. The van der Waals surface area contributed by atoms with Gasteiger partial charge in [-0.15, -0.1) is 0 Å². The summed E-state index contributed by atoms with van der Waals surface area (Å²) in [6.07, 6.45) is -4.14. The van der Waals surface area contributed by atoms with E-state index in [2.05, 4.69) is 20.8 Å². The fourth-order valence-electron chi connectivity index (χ4n) is 2.18. The summed E-state index contributed by atoms with van der Waals surface area (Å²) >= 11 is 0. The summed E-state index contributed by atoms with van der Waals surface area (Å²) in [6, 6.07) is 0.721. The molecule has 0 atom stereocenters. The predicted octanol–water partition coefficient (Wildman–Crippen LogP) is 3.26. The maximum absolute atomic E-state index is 11.1. The van der Waals surface area contributed by atoms with Gasteiger partial charge in [-0.3, -0.25) is 12.9 Å². The molecule has 0 amide bonds. The van der Waals surface area contributed by atoms with Crippen LogP contribution in [0.1, 0.15) is 33.6 Å². The number of ether oxygens (including phenoxy) is 1. The molecule has 1 saturated heterocycles. The zero-order valence-electron chi connectivity index (χ0n) is 13.2. The number of nitrogens with zero attached hydrogens (tertiary/aromatic N) is 1. The molecule has 12 heteroatoms. The predicted molar refractivity (Wildman–Crippen MR) is 74.9 cm³/mol. The molecule has 0 radical (unpaired) electrons. The van der Waals surface area contributed by atoms with Crippen molar-refractivity contribution in [3.8, 4) is 0 Å². The summed E-state index contributed by atoms with van der Waals surface area (Å²) in [7, 11) is -6.95. The third-order valence-corrected chi connectivity index (χ3v) is 5.13. The molecular weight excluding hydrogens is 351 g/mol. The van der Waals surface area contributed by atoms with Gasteiger partial charge < -0.3 is 17.7 Å². The summed E-state index contributed by atoms with van der Waals surface area (Å²) < 4.78 is 92.0. The maximum Gasteiger partial charge on any atom is 0.616 e. The van der Waals surface area contributed by atoms with Crippen molar-refractivity contribution >= 4 is 15.9 Å². The Morgan fingerprint density at radius 2 is 1.57 bits per heavy atom. The molecule has 0 spiro atoms. The summed E-state index contributed by atoms with van der Waals surface area (Å²) in [4.78, 5) is 0.